The summed E-state index contributed by atoms with van der Waals surface area (Å²) in [5, 5.41) is 39.2. The van der Waals surface area contributed by atoms with E-state index in [-0.39, 0.29) is 5.75 Å². The Balaban J connectivity index is 1.87. The van der Waals surface area contributed by atoms with Gasteiger partial charge in [0.2, 0.25) is 0 Å². The number of benzene rings is 2. The summed E-state index contributed by atoms with van der Waals surface area (Å²) in [4.78, 5) is 0. The molecule has 0 spiro atoms. The quantitative estimate of drug-likeness (QED) is 0.650. The van der Waals surface area contributed by atoms with Crippen molar-refractivity contribution in [3.63, 3.8) is 0 Å². The van der Waals surface area contributed by atoms with Gasteiger partial charge in [-0.3, -0.25) is 0 Å². The Labute approximate surface area is 155 Å². The molecule has 2 aromatic rings. The molecule has 7 heteroatoms. The number of ether oxygens (including phenoxy) is 1. The van der Waals surface area contributed by atoms with Crippen LogP contribution in [0.3, 0.4) is 0 Å². The van der Waals surface area contributed by atoms with Crippen LogP contribution >= 0.6 is 11.6 Å². The largest absolute Gasteiger partial charge is 0.508 e. The predicted octanol–water partition coefficient (Wildman–Crippen LogP) is 2.13. The third kappa shape index (κ3) is 3.84. The van der Waals surface area contributed by atoms with Crippen molar-refractivity contribution in [2.75, 3.05) is 6.61 Å². The van der Waals surface area contributed by atoms with E-state index in [4.69, 9.17) is 16.3 Å². The van der Waals surface area contributed by atoms with Crippen molar-refractivity contribution in [2.45, 2.75) is 37.0 Å². The number of alkyl halides is 1. The van der Waals surface area contributed by atoms with E-state index in [9.17, 15) is 24.8 Å². The van der Waals surface area contributed by atoms with Gasteiger partial charge in [0.05, 0.1) is 6.61 Å². The molecular formula is C19H20ClFO5. The van der Waals surface area contributed by atoms with Gasteiger partial charge in [0.15, 0.2) is 6.17 Å². The van der Waals surface area contributed by atoms with E-state index in [1.54, 1.807) is 42.5 Å². The third-order valence-corrected chi connectivity index (χ3v) is 4.94. The number of phenolic OH excluding ortho intramolecular Hbond substituents is 1. The standard InChI is InChI=1S/C19H20ClFO5/c20-14-6-3-11(8-12(14)7-10-1-4-13(23)5-2-10)19-18(25)17(24)16(21)15(9-22)26-19/h1-6,8,15-19,22-25H,7,9H2. The van der Waals surface area contributed by atoms with Crippen molar-refractivity contribution < 1.29 is 29.6 Å². The van der Waals surface area contributed by atoms with Crippen molar-refractivity contribution in [3.05, 3.63) is 64.2 Å². The zero-order valence-corrected chi connectivity index (χ0v) is 14.6. The number of phenols is 1. The molecule has 1 saturated heterocycles. The molecule has 5 nitrogen and oxygen atoms in total. The smallest absolute Gasteiger partial charge is 0.157 e. The summed E-state index contributed by atoms with van der Waals surface area (Å²) in [6.07, 6.45) is -6.69. The number of hydrogen-bond acceptors (Lipinski definition) is 5. The summed E-state index contributed by atoms with van der Waals surface area (Å²) < 4.78 is 19.4. The minimum atomic E-state index is -1.87. The van der Waals surface area contributed by atoms with Gasteiger partial charge in [0, 0.05) is 5.02 Å². The number of aliphatic hydroxyl groups excluding tert-OH is 3. The second kappa shape index (κ2) is 7.90. The van der Waals surface area contributed by atoms with Crippen LogP contribution in [0.2, 0.25) is 5.02 Å². The van der Waals surface area contributed by atoms with Crippen LogP contribution in [0, 0.1) is 0 Å². The first-order valence-corrected chi connectivity index (χ1v) is 8.61. The average molecular weight is 383 g/mol. The van der Waals surface area contributed by atoms with E-state index in [2.05, 4.69) is 0 Å². The molecule has 26 heavy (non-hydrogen) atoms. The maximum atomic E-state index is 13.9. The Morgan fingerprint density at radius 1 is 1.04 bits per heavy atom. The molecule has 140 valence electrons. The molecule has 0 amide bonds. The first-order valence-electron chi connectivity index (χ1n) is 8.23. The van der Waals surface area contributed by atoms with Gasteiger partial charge in [0.25, 0.3) is 0 Å². The van der Waals surface area contributed by atoms with Gasteiger partial charge in [-0.15, -0.1) is 0 Å². The molecule has 1 aliphatic heterocycles. The van der Waals surface area contributed by atoms with Crippen LogP contribution in [0.4, 0.5) is 4.39 Å². The molecule has 2 aromatic carbocycles. The van der Waals surface area contributed by atoms with Gasteiger partial charge in [-0.05, 0) is 41.3 Å². The molecule has 1 fully saturated rings. The van der Waals surface area contributed by atoms with Crippen LogP contribution in [0.15, 0.2) is 42.5 Å². The van der Waals surface area contributed by atoms with Crippen LogP contribution in [-0.4, -0.2) is 51.5 Å². The van der Waals surface area contributed by atoms with Crippen molar-refractivity contribution in [2.24, 2.45) is 0 Å². The van der Waals surface area contributed by atoms with Crippen LogP contribution in [0.5, 0.6) is 5.75 Å². The summed E-state index contributed by atoms with van der Waals surface area (Å²) >= 11 is 6.26. The predicted molar refractivity (Wildman–Crippen MR) is 94.0 cm³/mol. The lowest BCUT2D eigenvalue weighted by Gasteiger charge is -2.39. The minimum absolute atomic E-state index is 0.164. The summed E-state index contributed by atoms with van der Waals surface area (Å²) in [5.74, 6) is 0.164. The highest BCUT2D eigenvalue weighted by molar-refractivity contribution is 6.31. The monoisotopic (exact) mass is 382 g/mol. The third-order valence-electron chi connectivity index (χ3n) is 4.57. The van der Waals surface area contributed by atoms with Gasteiger partial charge in [-0.1, -0.05) is 35.9 Å². The first-order chi connectivity index (χ1) is 12.4. The van der Waals surface area contributed by atoms with E-state index >= 15 is 0 Å². The molecule has 3 rings (SSSR count). The lowest BCUT2D eigenvalue weighted by Crippen LogP contribution is -2.53. The average Bonchev–Trinajstić information content (AvgIpc) is 2.64. The van der Waals surface area contributed by atoms with Gasteiger partial charge in [-0.2, -0.15) is 0 Å². The van der Waals surface area contributed by atoms with Gasteiger partial charge < -0.3 is 25.2 Å². The molecular weight excluding hydrogens is 363 g/mol. The molecule has 0 radical (unpaired) electrons. The summed E-state index contributed by atoms with van der Waals surface area (Å²) in [6, 6.07) is 11.7. The topological polar surface area (TPSA) is 90.2 Å². The van der Waals surface area contributed by atoms with Crippen LogP contribution in [-0.2, 0) is 11.2 Å². The number of halogens is 2. The van der Waals surface area contributed by atoms with Gasteiger partial charge >= 0.3 is 0 Å². The number of hydrogen-bond donors (Lipinski definition) is 4. The summed E-state index contributed by atoms with van der Waals surface area (Å²) in [6.45, 7) is -0.602. The maximum Gasteiger partial charge on any atom is 0.157 e. The van der Waals surface area contributed by atoms with Crippen LogP contribution in [0.1, 0.15) is 22.8 Å². The molecule has 5 atom stereocenters. The normalized spacial score (nSPS) is 28.9. The van der Waals surface area contributed by atoms with Crippen LogP contribution < -0.4 is 0 Å². The molecule has 5 unspecified atom stereocenters. The number of aliphatic hydroxyl groups is 3. The lowest BCUT2D eigenvalue weighted by molar-refractivity contribution is -0.214. The van der Waals surface area contributed by atoms with Crippen molar-refractivity contribution in [1.29, 1.82) is 0 Å². The second-order valence-electron chi connectivity index (χ2n) is 6.40. The fraction of sp³-hybridized carbons (Fsp3) is 0.368. The van der Waals surface area contributed by atoms with E-state index in [0.29, 0.717) is 17.0 Å². The molecule has 0 saturated carbocycles. The Kier molecular flexibility index (Phi) is 5.79. The Hall–Kier alpha value is -1.70. The highest BCUT2D eigenvalue weighted by Gasteiger charge is 2.45. The lowest BCUT2D eigenvalue weighted by atomic mass is 9.90. The minimum Gasteiger partial charge on any atom is -0.508 e. The fourth-order valence-corrected chi connectivity index (χ4v) is 3.28. The maximum absolute atomic E-state index is 13.9. The van der Waals surface area contributed by atoms with E-state index in [1.165, 1.54) is 0 Å². The molecule has 0 aliphatic carbocycles. The summed E-state index contributed by atoms with van der Waals surface area (Å²) in [7, 11) is 0. The molecule has 1 heterocycles. The van der Waals surface area contributed by atoms with E-state index in [0.717, 1.165) is 11.1 Å². The van der Waals surface area contributed by atoms with Crippen LogP contribution in [0.25, 0.3) is 0 Å². The number of rotatable bonds is 4. The Morgan fingerprint density at radius 3 is 2.38 bits per heavy atom. The highest BCUT2D eigenvalue weighted by atomic mass is 35.5. The van der Waals surface area contributed by atoms with Crippen molar-refractivity contribution >= 4 is 11.6 Å². The summed E-state index contributed by atoms with van der Waals surface area (Å²) in [5.41, 5.74) is 2.20. The molecule has 0 aromatic heterocycles. The Morgan fingerprint density at radius 2 is 1.73 bits per heavy atom. The SMILES string of the molecule is OCC1OC(c2ccc(Cl)c(Cc3ccc(O)cc3)c2)C(O)C(O)C1F. The molecule has 0 bridgehead atoms. The van der Waals surface area contributed by atoms with E-state index < -0.39 is 37.2 Å². The van der Waals surface area contributed by atoms with Gasteiger partial charge in [0.1, 0.15) is 30.2 Å². The van der Waals surface area contributed by atoms with Gasteiger partial charge in [-0.25, -0.2) is 4.39 Å². The van der Waals surface area contributed by atoms with Crippen molar-refractivity contribution in [3.8, 4) is 5.75 Å². The second-order valence-corrected chi connectivity index (χ2v) is 6.80. The van der Waals surface area contributed by atoms with Crippen molar-refractivity contribution in [1.82, 2.24) is 0 Å². The van der Waals surface area contributed by atoms with E-state index in [1.807, 2.05) is 0 Å². The fourth-order valence-electron chi connectivity index (χ4n) is 3.09. The molecule has 1 aliphatic rings. The zero-order chi connectivity index (χ0) is 18.8. The first kappa shape index (κ1) is 19.1. The Bertz CT molecular complexity index is 752. The zero-order valence-electron chi connectivity index (χ0n) is 13.8. The molecule has 4 N–H and O–H groups in total. The highest BCUT2D eigenvalue weighted by Crippen LogP contribution is 2.35. The number of aromatic hydroxyl groups is 1.